The fourth-order valence-corrected chi connectivity index (χ4v) is 1.14. The first kappa shape index (κ1) is 10.2. The van der Waals surface area contributed by atoms with E-state index in [4.69, 9.17) is 10.2 Å². The molecule has 0 aliphatic carbocycles. The zero-order valence-electron chi connectivity index (χ0n) is 7.16. The first-order chi connectivity index (χ1) is 6.29. The number of carbonyl (C=O) groups excluding carboxylic acids is 1. The molecule has 1 aliphatic heterocycles. The van der Waals surface area contributed by atoms with Crippen LogP contribution in [0.15, 0.2) is 0 Å². The average Bonchev–Trinajstić information content (AvgIpc) is 2.59. The van der Waals surface area contributed by atoms with E-state index in [1.807, 2.05) is 0 Å². The van der Waals surface area contributed by atoms with Crippen LogP contribution in [-0.2, 0) is 0 Å². The van der Waals surface area contributed by atoms with E-state index in [1.54, 1.807) is 0 Å². The van der Waals surface area contributed by atoms with Gasteiger partial charge in [-0.1, -0.05) is 0 Å². The van der Waals surface area contributed by atoms with Crippen molar-refractivity contribution in [3.05, 3.63) is 0 Å². The highest BCUT2D eigenvalue weighted by molar-refractivity contribution is 5.74. The van der Waals surface area contributed by atoms with Crippen LogP contribution < -0.4 is 16.0 Å². The topological polar surface area (TPSA) is 96.9 Å². The Morgan fingerprint density at radius 3 is 2.54 bits per heavy atom. The predicted octanol–water partition coefficient (Wildman–Crippen LogP) is -2.63. The van der Waals surface area contributed by atoms with Crippen LogP contribution in [0.2, 0.25) is 0 Å². The minimum absolute atomic E-state index is 0.364. The van der Waals surface area contributed by atoms with Crippen LogP contribution in [0.5, 0.6) is 0 Å². The number of aliphatic hydroxyl groups excluding tert-OH is 2. The highest BCUT2D eigenvalue weighted by atomic mass is 16.3. The molecule has 2 amide bonds. The maximum absolute atomic E-state index is 11.2. The van der Waals surface area contributed by atoms with Gasteiger partial charge in [-0.25, -0.2) is 4.79 Å². The minimum atomic E-state index is -0.517. The molecule has 7 heteroatoms. The van der Waals surface area contributed by atoms with Crippen LogP contribution in [0.3, 0.4) is 0 Å². The molecule has 0 aromatic carbocycles. The molecule has 1 fully saturated rings. The largest absolute Gasteiger partial charge is 0.376 e. The highest BCUT2D eigenvalue weighted by Gasteiger charge is 2.24. The highest BCUT2D eigenvalue weighted by Crippen LogP contribution is 1.95. The summed E-state index contributed by atoms with van der Waals surface area (Å²) in [5, 5.41) is 25.4. The lowest BCUT2D eigenvalue weighted by atomic mass is 10.6. The Bertz CT molecular complexity index is 171. The zero-order valence-corrected chi connectivity index (χ0v) is 7.16. The Hall–Kier alpha value is -0.890. The van der Waals surface area contributed by atoms with Crippen molar-refractivity contribution in [1.82, 2.24) is 20.9 Å². The molecule has 0 aromatic heterocycles. The van der Waals surface area contributed by atoms with Crippen molar-refractivity contribution in [2.75, 3.05) is 26.6 Å². The van der Waals surface area contributed by atoms with Gasteiger partial charge in [-0.15, -0.1) is 0 Å². The standard InChI is InChI=1S/C6H14N4O3/c11-3-9-6(13)10(4-12)5-7-1-2-8-5/h5,7-8,11-12H,1-4H2,(H,9,13). The van der Waals surface area contributed by atoms with Crippen molar-refractivity contribution in [2.24, 2.45) is 0 Å². The number of rotatable bonds is 3. The molecule has 0 radical (unpaired) electrons. The van der Waals surface area contributed by atoms with Gasteiger partial charge in [0.05, 0.1) is 0 Å². The van der Waals surface area contributed by atoms with E-state index < -0.39 is 19.5 Å². The molecule has 1 saturated heterocycles. The quantitative estimate of drug-likeness (QED) is 0.314. The predicted molar refractivity (Wildman–Crippen MR) is 44.3 cm³/mol. The molecule has 0 atom stereocenters. The fourth-order valence-electron chi connectivity index (χ4n) is 1.14. The van der Waals surface area contributed by atoms with Gasteiger partial charge in [0.15, 0.2) is 0 Å². The van der Waals surface area contributed by atoms with E-state index in [2.05, 4.69) is 16.0 Å². The van der Waals surface area contributed by atoms with Crippen molar-refractivity contribution in [3.8, 4) is 0 Å². The number of carbonyl (C=O) groups is 1. The summed E-state index contributed by atoms with van der Waals surface area (Å²) < 4.78 is 0. The summed E-state index contributed by atoms with van der Waals surface area (Å²) in [6.45, 7) is 0.639. The van der Waals surface area contributed by atoms with Crippen molar-refractivity contribution >= 4 is 6.03 Å². The van der Waals surface area contributed by atoms with E-state index >= 15 is 0 Å². The van der Waals surface area contributed by atoms with Crippen molar-refractivity contribution in [2.45, 2.75) is 6.29 Å². The van der Waals surface area contributed by atoms with Gasteiger partial charge in [0, 0.05) is 13.1 Å². The maximum atomic E-state index is 11.2. The Kier molecular flexibility index (Phi) is 3.90. The lowest BCUT2D eigenvalue weighted by Gasteiger charge is -2.26. The third-order valence-corrected chi connectivity index (χ3v) is 1.76. The fraction of sp³-hybridized carbons (Fsp3) is 0.833. The van der Waals surface area contributed by atoms with E-state index in [-0.39, 0.29) is 6.29 Å². The van der Waals surface area contributed by atoms with E-state index in [0.29, 0.717) is 0 Å². The van der Waals surface area contributed by atoms with Gasteiger partial charge in [-0.05, 0) is 0 Å². The van der Waals surface area contributed by atoms with E-state index in [1.165, 1.54) is 0 Å². The van der Waals surface area contributed by atoms with Gasteiger partial charge < -0.3 is 15.5 Å². The second kappa shape index (κ2) is 4.97. The Morgan fingerprint density at radius 1 is 1.46 bits per heavy atom. The third-order valence-electron chi connectivity index (χ3n) is 1.76. The molecule has 5 N–H and O–H groups in total. The number of hydrogen-bond donors (Lipinski definition) is 5. The molecule has 76 valence electrons. The van der Waals surface area contributed by atoms with Gasteiger partial charge in [-0.2, -0.15) is 0 Å². The van der Waals surface area contributed by atoms with Gasteiger partial charge in [-0.3, -0.25) is 15.5 Å². The molecule has 0 spiro atoms. The molecule has 0 bridgehead atoms. The molecule has 7 nitrogen and oxygen atoms in total. The molecule has 1 rings (SSSR count). The third kappa shape index (κ3) is 2.52. The summed E-state index contributed by atoms with van der Waals surface area (Å²) in [6, 6.07) is -0.517. The van der Waals surface area contributed by atoms with Gasteiger partial charge in [0.2, 0.25) is 0 Å². The molecular weight excluding hydrogens is 176 g/mol. The Labute approximate surface area is 75.7 Å². The summed E-state index contributed by atoms with van der Waals surface area (Å²) in [4.78, 5) is 12.3. The summed E-state index contributed by atoms with van der Waals surface area (Å²) in [5.74, 6) is 0. The van der Waals surface area contributed by atoms with Crippen LogP contribution in [-0.4, -0.2) is 54.0 Å². The Balaban J connectivity index is 2.44. The van der Waals surface area contributed by atoms with Crippen LogP contribution >= 0.6 is 0 Å². The lowest BCUT2D eigenvalue weighted by Crippen LogP contribution is -2.55. The van der Waals surface area contributed by atoms with Gasteiger partial charge in [0.25, 0.3) is 0 Å². The number of urea groups is 1. The van der Waals surface area contributed by atoms with Crippen LogP contribution in [0.1, 0.15) is 0 Å². The van der Waals surface area contributed by atoms with Crippen molar-refractivity contribution in [1.29, 1.82) is 0 Å². The summed E-state index contributed by atoms with van der Waals surface area (Å²) in [6.07, 6.45) is -0.364. The molecule has 0 saturated carbocycles. The molecule has 1 heterocycles. The molecule has 1 aliphatic rings. The SMILES string of the molecule is O=C(NCO)N(CO)C1NCCN1. The second-order valence-corrected chi connectivity index (χ2v) is 2.56. The number of hydrogen-bond acceptors (Lipinski definition) is 5. The molecule has 13 heavy (non-hydrogen) atoms. The normalized spacial score (nSPS) is 17.4. The zero-order chi connectivity index (χ0) is 9.68. The lowest BCUT2D eigenvalue weighted by molar-refractivity contribution is 0.0751. The van der Waals surface area contributed by atoms with Gasteiger partial charge in [0.1, 0.15) is 19.8 Å². The first-order valence-electron chi connectivity index (χ1n) is 4.02. The number of nitrogens with one attached hydrogen (secondary N) is 3. The van der Waals surface area contributed by atoms with Crippen LogP contribution in [0, 0.1) is 0 Å². The van der Waals surface area contributed by atoms with E-state index in [0.717, 1.165) is 18.0 Å². The maximum Gasteiger partial charge on any atom is 0.323 e. The van der Waals surface area contributed by atoms with Gasteiger partial charge >= 0.3 is 6.03 Å². The second-order valence-electron chi connectivity index (χ2n) is 2.56. The monoisotopic (exact) mass is 190 g/mol. The molecule has 0 unspecified atom stereocenters. The van der Waals surface area contributed by atoms with Crippen molar-refractivity contribution in [3.63, 3.8) is 0 Å². The number of amides is 2. The average molecular weight is 190 g/mol. The summed E-state index contributed by atoms with van der Waals surface area (Å²) in [7, 11) is 0. The number of aliphatic hydroxyl groups is 2. The van der Waals surface area contributed by atoms with Crippen molar-refractivity contribution < 1.29 is 15.0 Å². The van der Waals surface area contributed by atoms with Crippen LogP contribution in [0.25, 0.3) is 0 Å². The molecular formula is C6H14N4O3. The van der Waals surface area contributed by atoms with E-state index in [9.17, 15) is 4.79 Å². The van der Waals surface area contributed by atoms with Crippen LogP contribution in [0.4, 0.5) is 4.79 Å². The number of nitrogens with zero attached hydrogens (tertiary/aromatic N) is 1. The first-order valence-corrected chi connectivity index (χ1v) is 4.02. The summed E-state index contributed by atoms with van der Waals surface area (Å²) >= 11 is 0. The Morgan fingerprint density at radius 2 is 2.08 bits per heavy atom. The molecule has 0 aromatic rings. The minimum Gasteiger partial charge on any atom is -0.376 e. The smallest absolute Gasteiger partial charge is 0.323 e. The summed E-state index contributed by atoms with van der Waals surface area (Å²) in [5.41, 5.74) is 0.